The fourth-order valence-electron chi connectivity index (χ4n) is 2.95. The van der Waals surface area contributed by atoms with Gasteiger partial charge in [0.2, 0.25) is 0 Å². The fraction of sp³-hybridized carbons (Fsp3) is 0.667. The Morgan fingerprint density at radius 1 is 1.26 bits per heavy atom. The van der Waals surface area contributed by atoms with Gasteiger partial charge in [0.15, 0.2) is 0 Å². The molecule has 1 atom stereocenters. The van der Waals surface area contributed by atoms with Crippen molar-refractivity contribution in [3.05, 3.63) is 22.2 Å². The number of nitro groups is 1. The van der Waals surface area contributed by atoms with Gasteiger partial charge >= 0.3 is 5.00 Å². The van der Waals surface area contributed by atoms with E-state index in [0.717, 1.165) is 43.9 Å². The number of rotatable bonds is 4. The van der Waals surface area contributed by atoms with Crippen LogP contribution in [0.25, 0.3) is 0 Å². The lowest BCUT2D eigenvalue weighted by Crippen LogP contribution is -2.49. The molecule has 3 rings (SSSR count). The predicted octanol–water partition coefficient (Wildman–Crippen LogP) is 0.746. The van der Waals surface area contributed by atoms with Gasteiger partial charge in [0.1, 0.15) is 4.21 Å². The minimum atomic E-state index is -3.62. The quantitative estimate of drug-likeness (QED) is 0.609. The molecule has 1 aromatic heterocycles. The summed E-state index contributed by atoms with van der Waals surface area (Å²) in [5, 5.41) is 13.9. The molecule has 2 saturated heterocycles. The highest BCUT2D eigenvalue weighted by Crippen LogP contribution is 2.32. The summed E-state index contributed by atoms with van der Waals surface area (Å²) >= 11 is 0.719. The maximum absolute atomic E-state index is 12.6. The third-order valence-corrected chi connectivity index (χ3v) is 7.50. The van der Waals surface area contributed by atoms with Crippen LogP contribution in [0, 0.1) is 10.1 Å². The van der Waals surface area contributed by atoms with Crippen molar-refractivity contribution in [1.82, 2.24) is 14.5 Å². The van der Waals surface area contributed by atoms with E-state index in [1.807, 2.05) is 0 Å². The lowest BCUT2D eigenvalue weighted by molar-refractivity contribution is -0.380. The lowest BCUT2D eigenvalue weighted by Gasteiger charge is -2.32. The number of thiophene rings is 1. The molecule has 0 bridgehead atoms. The molecule has 0 radical (unpaired) electrons. The zero-order chi connectivity index (χ0) is 15.7. The Morgan fingerprint density at radius 2 is 1.96 bits per heavy atom. The highest BCUT2D eigenvalue weighted by atomic mass is 35.5. The van der Waals surface area contributed by atoms with Crippen LogP contribution in [0.3, 0.4) is 0 Å². The van der Waals surface area contributed by atoms with Crippen molar-refractivity contribution in [3.63, 3.8) is 0 Å². The zero-order valence-electron chi connectivity index (χ0n) is 12.4. The summed E-state index contributed by atoms with van der Waals surface area (Å²) in [4.78, 5) is 12.5. The molecule has 2 aliphatic heterocycles. The Labute approximate surface area is 145 Å². The van der Waals surface area contributed by atoms with E-state index in [-0.39, 0.29) is 27.7 Å². The average Bonchev–Trinajstić information content (AvgIpc) is 3.18. The second kappa shape index (κ2) is 7.41. The molecule has 23 heavy (non-hydrogen) atoms. The van der Waals surface area contributed by atoms with Gasteiger partial charge in [-0.2, -0.15) is 4.31 Å². The average molecular weight is 383 g/mol. The summed E-state index contributed by atoms with van der Waals surface area (Å²) in [6.07, 6.45) is 0.812. The summed E-state index contributed by atoms with van der Waals surface area (Å²) in [6, 6.07) is 2.82. The second-order valence-corrected chi connectivity index (χ2v) is 8.67. The Morgan fingerprint density at radius 3 is 2.57 bits per heavy atom. The molecule has 2 aliphatic rings. The van der Waals surface area contributed by atoms with Crippen molar-refractivity contribution in [3.8, 4) is 0 Å². The van der Waals surface area contributed by atoms with E-state index in [1.165, 1.54) is 16.4 Å². The SMILES string of the molecule is Cl.O=[N+]([O-])c1ccc(S(=O)(=O)N2CCC(N3CCNCC3)C2)s1. The highest BCUT2D eigenvalue weighted by Gasteiger charge is 2.36. The van der Waals surface area contributed by atoms with E-state index in [9.17, 15) is 18.5 Å². The van der Waals surface area contributed by atoms with Crippen LogP contribution < -0.4 is 5.32 Å². The molecule has 1 unspecified atom stereocenters. The predicted molar refractivity (Wildman–Crippen MR) is 89.8 cm³/mol. The van der Waals surface area contributed by atoms with Crippen molar-refractivity contribution < 1.29 is 13.3 Å². The normalized spacial score (nSPS) is 23.6. The largest absolute Gasteiger partial charge is 0.325 e. The van der Waals surface area contributed by atoms with E-state index >= 15 is 0 Å². The van der Waals surface area contributed by atoms with Gasteiger partial charge in [0, 0.05) is 51.4 Å². The molecule has 1 N–H and O–H groups in total. The first kappa shape index (κ1) is 18.6. The third-order valence-electron chi connectivity index (χ3n) is 4.14. The van der Waals surface area contributed by atoms with Crippen LogP contribution in [0.5, 0.6) is 0 Å². The monoisotopic (exact) mass is 382 g/mol. The van der Waals surface area contributed by atoms with Crippen molar-refractivity contribution in [1.29, 1.82) is 0 Å². The fourth-order valence-corrected chi connectivity index (χ4v) is 5.70. The summed E-state index contributed by atoms with van der Waals surface area (Å²) in [5.41, 5.74) is 0. The highest BCUT2D eigenvalue weighted by molar-refractivity contribution is 7.91. The number of sulfonamides is 1. The van der Waals surface area contributed by atoms with Gasteiger partial charge in [-0.1, -0.05) is 0 Å². The number of halogens is 1. The Kier molecular flexibility index (Phi) is 5.98. The number of nitrogens with zero attached hydrogens (tertiary/aromatic N) is 3. The molecule has 2 fully saturated rings. The smallest absolute Gasteiger partial charge is 0.314 e. The van der Waals surface area contributed by atoms with Crippen LogP contribution in [-0.2, 0) is 10.0 Å². The molecule has 130 valence electrons. The van der Waals surface area contributed by atoms with Crippen LogP contribution in [0.2, 0.25) is 0 Å². The molecule has 0 saturated carbocycles. The molecule has 3 heterocycles. The molecule has 0 aliphatic carbocycles. The van der Waals surface area contributed by atoms with Gasteiger partial charge in [-0.05, 0) is 23.8 Å². The van der Waals surface area contributed by atoms with E-state index in [1.54, 1.807) is 0 Å². The van der Waals surface area contributed by atoms with Crippen molar-refractivity contribution in [2.45, 2.75) is 16.7 Å². The molecule has 0 aromatic carbocycles. The topological polar surface area (TPSA) is 95.8 Å². The molecule has 1 aromatic rings. The Balaban J connectivity index is 0.00000192. The Bertz CT molecular complexity index is 660. The number of hydrogen-bond donors (Lipinski definition) is 1. The van der Waals surface area contributed by atoms with Crippen LogP contribution in [-0.4, -0.2) is 67.9 Å². The van der Waals surface area contributed by atoms with Crippen LogP contribution >= 0.6 is 23.7 Å². The molecule has 11 heteroatoms. The van der Waals surface area contributed by atoms with E-state index < -0.39 is 14.9 Å². The standard InChI is InChI=1S/C12H18N4O4S2.ClH/c17-16(18)11-1-2-12(21-11)22(19,20)15-6-3-10(9-15)14-7-4-13-5-8-14;/h1-2,10,13H,3-9H2;1H. The maximum atomic E-state index is 12.6. The van der Waals surface area contributed by atoms with Crippen molar-refractivity contribution in [2.24, 2.45) is 0 Å². The second-order valence-electron chi connectivity index (χ2n) is 5.44. The van der Waals surface area contributed by atoms with Gasteiger partial charge in [-0.25, -0.2) is 8.42 Å². The van der Waals surface area contributed by atoms with E-state index in [2.05, 4.69) is 10.2 Å². The number of piperazine rings is 1. The van der Waals surface area contributed by atoms with Crippen LogP contribution in [0.15, 0.2) is 16.3 Å². The summed E-state index contributed by atoms with van der Waals surface area (Å²) in [7, 11) is -3.62. The number of hydrogen-bond acceptors (Lipinski definition) is 7. The lowest BCUT2D eigenvalue weighted by atomic mass is 10.2. The minimum absolute atomic E-state index is 0. The first-order valence-electron chi connectivity index (χ1n) is 7.17. The van der Waals surface area contributed by atoms with Crippen LogP contribution in [0.1, 0.15) is 6.42 Å². The maximum Gasteiger partial charge on any atom is 0.325 e. The third kappa shape index (κ3) is 3.83. The van der Waals surface area contributed by atoms with E-state index in [0.29, 0.717) is 13.1 Å². The summed E-state index contributed by atoms with van der Waals surface area (Å²) < 4.78 is 26.7. The minimum Gasteiger partial charge on any atom is -0.314 e. The van der Waals surface area contributed by atoms with Gasteiger partial charge in [0.25, 0.3) is 10.0 Å². The first-order valence-corrected chi connectivity index (χ1v) is 9.43. The van der Waals surface area contributed by atoms with Gasteiger partial charge in [-0.3, -0.25) is 15.0 Å². The van der Waals surface area contributed by atoms with Gasteiger partial charge in [-0.15, -0.1) is 12.4 Å². The van der Waals surface area contributed by atoms with Crippen molar-refractivity contribution in [2.75, 3.05) is 39.3 Å². The van der Waals surface area contributed by atoms with E-state index in [4.69, 9.17) is 0 Å². The summed E-state index contributed by atoms with van der Waals surface area (Å²) in [5.74, 6) is 0. The molecular weight excluding hydrogens is 364 g/mol. The van der Waals surface area contributed by atoms with Crippen LogP contribution in [0.4, 0.5) is 5.00 Å². The molecular formula is C12H19ClN4O4S2. The molecule has 8 nitrogen and oxygen atoms in total. The van der Waals surface area contributed by atoms with Gasteiger partial charge < -0.3 is 5.32 Å². The molecule has 0 amide bonds. The van der Waals surface area contributed by atoms with Crippen molar-refractivity contribution >= 4 is 38.8 Å². The molecule has 0 spiro atoms. The number of nitrogens with one attached hydrogen (secondary N) is 1. The zero-order valence-corrected chi connectivity index (χ0v) is 14.8. The first-order chi connectivity index (χ1) is 10.5. The summed E-state index contributed by atoms with van der Waals surface area (Å²) in [6.45, 7) is 4.67. The Hall–Kier alpha value is -0.780. The van der Waals surface area contributed by atoms with Gasteiger partial charge in [0.05, 0.1) is 4.92 Å².